The molecular formula is C15H17N3OS. The fourth-order valence-corrected chi connectivity index (χ4v) is 3.20. The van der Waals surface area contributed by atoms with Gasteiger partial charge in [-0.2, -0.15) is 11.3 Å². The maximum atomic E-state index is 6.13. The lowest BCUT2D eigenvalue weighted by atomic mass is 10.1. The van der Waals surface area contributed by atoms with Crippen LogP contribution in [0.25, 0.3) is 11.0 Å². The minimum atomic E-state index is 0.156. The second-order valence-corrected chi connectivity index (χ2v) is 5.41. The molecule has 3 rings (SSSR count). The molecule has 1 atom stereocenters. The number of imidazole rings is 1. The Balaban J connectivity index is 2.16. The summed E-state index contributed by atoms with van der Waals surface area (Å²) in [6.07, 6.45) is 0. The number of fused-ring (bicyclic) bond motifs is 1. The molecule has 0 radical (unpaired) electrons. The van der Waals surface area contributed by atoms with Gasteiger partial charge in [0.2, 0.25) is 5.95 Å². The molecule has 0 bridgehead atoms. The zero-order valence-corrected chi connectivity index (χ0v) is 12.4. The van der Waals surface area contributed by atoms with Crippen LogP contribution in [0.1, 0.15) is 25.5 Å². The van der Waals surface area contributed by atoms with Gasteiger partial charge in [0.25, 0.3) is 0 Å². The van der Waals surface area contributed by atoms with Gasteiger partial charge in [0.1, 0.15) is 11.3 Å². The number of anilines is 1. The highest BCUT2D eigenvalue weighted by Gasteiger charge is 2.18. The number of nitrogens with two attached hydrogens (primary N) is 1. The van der Waals surface area contributed by atoms with E-state index in [1.165, 1.54) is 5.56 Å². The Labute approximate surface area is 121 Å². The number of hydrogen-bond donors (Lipinski definition) is 1. The van der Waals surface area contributed by atoms with Gasteiger partial charge in [0, 0.05) is 0 Å². The van der Waals surface area contributed by atoms with Crippen LogP contribution in [0.2, 0.25) is 0 Å². The number of thiophene rings is 1. The average molecular weight is 287 g/mol. The molecule has 0 saturated carbocycles. The number of benzene rings is 1. The van der Waals surface area contributed by atoms with E-state index >= 15 is 0 Å². The number of para-hydroxylation sites is 1. The van der Waals surface area contributed by atoms with Crippen molar-refractivity contribution in [2.75, 3.05) is 12.3 Å². The van der Waals surface area contributed by atoms with Crippen LogP contribution in [0.3, 0.4) is 0 Å². The molecule has 0 aliphatic heterocycles. The predicted molar refractivity (Wildman–Crippen MR) is 83.4 cm³/mol. The third-order valence-corrected chi connectivity index (χ3v) is 4.12. The molecular weight excluding hydrogens is 270 g/mol. The van der Waals surface area contributed by atoms with Crippen molar-refractivity contribution in [1.82, 2.24) is 9.55 Å². The molecule has 2 aromatic heterocycles. The summed E-state index contributed by atoms with van der Waals surface area (Å²) in [6, 6.07) is 8.21. The topological polar surface area (TPSA) is 53.1 Å². The average Bonchev–Trinajstić information content (AvgIpc) is 3.06. The maximum Gasteiger partial charge on any atom is 0.201 e. The van der Waals surface area contributed by atoms with Gasteiger partial charge in [-0.05, 0) is 48.4 Å². The van der Waals surface area contributed by atoms with E-state index in [1.54, 1.807) is 11.3 Å². The Morgan fingerprint density at radius 3 is 2.95 bits per heavy atom. The SMILES string of the molecule is CCOc1cccc2c1nc(N)n2C(C)c1ccsc1. The van der Waals surface area contributed by atoms with E-state index in [-0.39, 0.29) is 6.04 Å². The van der Waals surface area contributed by atoms with Gasteiger partial charge < -0.3 is 15.0 Å². The zero-order chi connectivity index (χ0) is 14.1. The zero-order valence-electron chi connectivity index (χ0n) is 11.5. The molecule has 0 aliphatic carbocycles. The van der Waals surface area contributed by atoms with E-state index in [0.717, 1.165) is 16.8 Å². The Kier molecular flexibility index (Phi) is 3.36. The summed E-state index contributed by atoms with van der Waals surface area (Å²) in [6.45, 7) is 4.71. The highest BCUT2D eigenvalue weighted by atomic mass is 32.1. The van der Waals surface area contributed by atoms with E-state index in [9.17, 15) is 0 Å². The molecule has 1 unspecified atom stereocenters. The third-order valence-electron chi connectivity index (χ3n) is 3.42. The lowest BCUT2D eigenvalue weighted by Crippen LogP contribution is -2.09. The molecule has 2 heterocycles. The van der Waals surface area contributed by atoms with E-state index in [0.29, 0.717) is 12.6 Å². The molecule has 0 aliphatic rings. The molecule has 20 heavy (non-hydrogen) atoms. The van der Waals surface area contributed by atoms with Gasteiger partial charge in [0.05, 0.1) is 18.2 Å². The number of hydrogen-bond acceptors (Lipinski definition) is 4. The number of rotatable bonds is 4. The quantitative estimate of drug-likeness (QED) is 0.796. The Morgan fingerprint density at radius 1 is 1.40 bits per heavy atom. The third kappa shape index (κ3) is 2.04. The van der Waals surface area contributed by atoms with Crippen LogP contribution in [0, 0.1) is 0 Å². The van der Waals surface area contributed by atoms with Crippen molar-refractivity contribution in [1.29, 1.82) is 0 Å². The molecule has 1 aromatic carbocycles. The van der Waals surface area contributed by atoms with Crippen LogP contribution in [-0.4, -0.2) is 16.2 Å². The summed E-state index contributed by atoms with van der Waals surface area (Å²) in [5.41, 5.74) is 9.20. The first-order chi connectivity index (χ1) is 9.72. The molecule has 0 saturated heterocycles. The molecule has 0 spiro atoms. The van der Waals surface area contributed by atoms with Gasteiger partial charge in [0.15, 0.2) is 0 Å². The summed E-state index contributed by atoms with van der Waals surface area (Å²) in [4.78, 5) is 4.48. The van der Waals surface area contributed by atoms with Crippen LogP contribution in [0.4, 0.5) is 5.95 Å². The standard InChI is InChI=1S/C15H17N3OS/c1-3-19-13-6-4-5-12-14(13)17-15(16)18(12)10(2)11-7-8-20-9-11/h4-10H,3H2,1-2H3,(H2,16,17). The van der Waals surface area contributed by atoms with E-state index in [2.05, 4.69) is 33.3 Å². The van der Waals surface area contributed by atoms with Crippen molar-refractivity contribution in [2.24, 2.45) is 0 Å². The molecule has 0 fully saturated rings. The second kappa shape index (κ2) is 5.17. The summed E-state index contributed by atoms with van der Waals surface area (Å²) in [5, 5.41) is 4.22. The largest absolute Gasteiger partial charge is 0.492 e. The Morgan fingerprint density at radius 2 is 2.25 bits per heavy atom. The van der Waals surface area contributed by atoms with E-state index in [4.69, 9.17) is 10.5 Å². The van der Waals surface area contributed by atoms with Crippen LogP contribution < -0.4 is 10.5 Å². The van der Waals surface area contributed by atoms with Crippen molar-refractivity contribution in [3.63, 3.8) is 0 Å². The first-order valence-corrected chi connectivity index (χ1v) is 7.58. The Bertz CT molecular complexity index is 718. The number of nitrogen functional groups attached to an aromatic ring is 1. The minimum absolute atomic E-state index is 0.156. The molecule has 104 valence electrons. The molecule has 3 aromatic rings. The van der Waals surface area contributed by atoms with Crippen LogP contribution in [0.15, 0.2) is 35.0 Å². The van der Waals surface area contributed by atoms with Gasteiger partial charge >= 0.3 is 0 Å². The highest BCUT2D eigenvalue weighted by Crippen LogP contribution is 2.32. The normalized spacial score (nSPS) is 12.7. The summed E-state index contributed by atoms with van der Waals surface area (Å²) in [5.74, 6) is 1.30. The van der Waals surface area contributed by atoms with Crippen molar-refractivity contribution < 1.29 is 4.74 Å². The summed E-state index contributed by atoms with van der Waals surface area (Å²) in [7, 11) is 0. The monoisotopic (exact) mass is 287 g/mol. The fourth-order valence-electron chi connectivity index (χ4n) is 2.45. The van der Waals surface area contributed by atoms with E-state index < -0.39 is 0 Å². The van der Waals surface area contributed by atoms with E-state index in [1.807, 2.05) is 25.1 Å². The molecule has 0 amide bonds. The summed E-state index contributed by atoms with van der Waals surface area (Å²) < 4.78 is 7.68. The number of aromatic nitrogens is 2. The first kappa shape index (κ1) is 13.0. The van der Waals surface area contributed by atoms with Crippen molar-refractivity contribution in [2.45, 2.75) is 19.9 Å². The highest BCUT2D eigenvalue weighted by molar-refractivity contribution is 7.07. The van der Waals surface area contributed by atoms with Crippen molar-refractivity contribution in [3.8, 4) is 5.75 Å². The maximum absolute atomic E-state index is 6.13. The van der Waals surface area contributed by atoms with Crippen LogP contribution in [0.5, 0.6) is 5.75 Å². The number of nitrogens with zero attached hydrogens (tertiary/aromatic N) is 2. The van der Waals surface area contributed by atoms with Crippen LogP contribution >= 0.6 is 11.3 Å². The first-order valence-electron chi connectivity index (χ1n) is 6.63. The van der Waals surface area contributed by atoms with Crippen molar-refractivity contribution in [3.05, 3.63) is 40.6 Å². The molecule has 5 heteroatoms. The van der Waals surface area contributed by atoms with Gasteiger partial charge in [-0.15, -0.1) is 0 Å². The smallest absolute Gasteiger partial charge is 0.201 e. The molecule has 2 N–H and O–H groups in total. The second-order valence-electron chi connectivity index (χ2n) is 4.63. The Hall–Kier alpha value is -2.01. The van der Waals surface area contributed by atoms with Crippen LogP contribution in [-0.2, 0) is 0 Å². The lowest BCUT2D eigenvalue weighted by molar-refractivity contribution is 0.343. The lowest BCUT2D eigenvalue weighted by Gasteiger charge is -2.15. The van der Waals surface area contributed by atoms with Gasteiger partial charge in [-0.1, -0.05) is 6.07 Å². The fraction of sp³-hybridized carbons (Fsp3) is 0.267. The van der Waals surface area contributed by atoms with Crippen molar-refractivity contribution >= 4 is 28.3 Å². The summed E-state index contributed by atoms with van der Waals surface area (Å²) >= 11 is 1.69. The van der Waals surface area contributed by atoms with Gasteiger partial charge in [-0.3, -0.25) is 0 Å². The minimum Gasteiger partial charge on any atom is -0.492 e. The number of ether oxygens (including phenoxy) is 1. The molecule has 4 nitrogen and oxygen atoms in total. The predicted octanol–water partition coefficient (Wildman–Crippen LogP) is 3.69. The van der Waals surface area contributed by atoms with Gasteiger partial charge in [-0.25, -0.2) is 4.98 Å².